The first kappa shape index (κ1) is 15.4. The molecule has 0 heterocycles. The minimum absolute atomic E-state index is 0. The third-order valence-electron chi connectivity index (χ3n) is 2.10. The van der Waals surface area contributed by atoms with Crippen molar-refractivity contribution in [3.63, 3.8) is 0 Å². The van der Waals surface area contributed by atoms with Gasteiger partial charge in [0, 0.05) is 16.6 Å². The van der Waals surface area contributed by atoms with E-state index in [9.17, 15) is 8.78 Å². The molecule has 5 heteroatoms. The van der Waals surface area contributed by atoms with E-state index < -0.39 is 17.7 Å². The number of hydrogen-bond acceptors (Lipinski definition) is 1. The van der Waals surface area contributed by atoms with Crippen molar-refractivity contribution in [2.24, 2.45) is 5.73 Å². The molecule has 1 atom stereocenters. The fourth-order valence-corrected chi connectivity index (χ4v) is 1.54. The number of benzene rings is 1. The Balaban J connectivity index is 0.00000225. The van der Waals surface area contributed by atoms with Crippen LogP contribution in [0.4, 0.5) is 8.78 Å². The first-order chi connectivity index (χ1) is 7.06. The highest BCUT2D eigenvalue weighted by atomic mass is 35.5. The summed E-state index contributed by atoms with van der Waals surface area (Å²) in [6, 6.07) is 1.46. The minimum Gasteiger partial charge on any atom is -0.324 e. The van der Waals surface area contributed by atoms with Crippen molar-refractivity contribution in [2.75, 3.05) is 0 Å². The predicted octanol–water partition coefficient (Wildman–Crippen LogP) is 4.01. The zero-order valence-corrected chi connectivity index (χ0v) is 10.1. The fraction of sp³-hybridized carbons (Fsp3) is 0.273. The second-order valence-corrected chi connectivity index (χ2v) is 3.69. The normalized spacial score (nSPS) is 11.8. The molecular formula is C11H13Cl2F2N. The van der Waals surface area contributed by atoms with Gasteiger partial charge in [-0.3, -0.25) is 0 Å². The minimum atomic E-state index is -0.698. The summed E-state index contributed by atoms with van der Waals surface area (Å²) in [4.78, 5) is 0. The zero-order chi connectivity index (χ0) is 11.4. The molecule has 0 saturated heterocycles. The molecule has 1 nitrogen and oxygen atoms in total. The first-order valence-electron chi connectivity index (χ1n) is 4.57. The molecule has 0 radical (unpaired) electrons. The lowest BCUT2D eigenvalue weighted by Gasteiger charge is -2.13. The maximum absolute atomic E-state index is 13.4. The van der Waals surface area contributed by atoms with Crippen LogP contribution in [-0.2, 0) is 0 Å². The number of nitrogens with two attached hydrogens (primary N) is 1. The van der Waals surface area contributed by atoms with Crippen LogP contribution in [0.1, 0.15) is 24.4 Å². The van der Waals surface area contributed by atoms with E-state index in [2.05, 4.69) is 6.58 Å². The Labute approximate surface area is 105 Å². The lowest BCUT2D eigenvalue weighted by molar-refractivity contribution is 0.514. The third-order valence-corrected chi connectivity index (χ3v) is 2.31. The highest BCUT2D eigenvalue weighted by molar-refractivity contribution is 6.30. The van der Waals surface area contributed by atoms with Crippen LogP contribution in [0.25, 0.3) is 0 Å². The Morgan fingerprint density at radius 1 is 1.38 bits per heavy atom. The number of halogens is 4. The van der Waals surface area contributed by atoms with Gasteiger partial charge in [0.05, 0.1) is 0 Å². The van der Waals surface area contributed by atoms with Crippen molar-refractivity contribution in [2.45, 2.75) is 18.9 Å². The van der Waals surface area contributed by atoms with Gasteiger partial charge in [0.15, 0.2) is 0 Å². The van der Waals surface area contributed by atoms with E-state index in [-0.39, 0.29) is 23.0 Å². The van der Waals surface area contributed by atoms with Crippen LogP contribution in [0.3, 0.4) is 0 Å². The van der Waals surface area contributed by atoms with Crippen molar-refractivity contribution >= 4 is 24.0 Å². The van der Waals surface area contributed by atoms with Gasteiger partial charge in [0.25, 0.3) is 0 Å². The van der Waals surface area contributed by atoms with Crippen LogP contribution < -0.4 is 5.73 Å². The molecule has 0 unspecified atom stereocenters. The van der Waals surface area contributed by atoms with E-state index in [1.165, 1.54) is 0 Å². The first-order valence-corrected chi connectivity index (χ1v) is 4.95. The summed E-state index contributed by atoms with van der Waals surface area (Å²) in [7, 11) is 0. The third kappa shape index (κ3) is 3.74. The van der Waals surface area contributed by atoms with E-state index >= 15 is 0 Å². The zero-order valence-electron chi connectivity index (χ0n) is 8.55. The second kappa shape index (κ2) is 6.84. The van der Waals surface area contributed by atoms with Crippen molar-refractivity contribution in [3.05, 3.63) is 47.0 Å². The Kier molecular flexibility index (Phi) is 6.56. The summed E-state index contributed by atoms with van der Waals surface area (Å²) in [5, 5.41) is 0.0321. The van der Waals surface area contributed by atoms with E-state index in [0.717, 1.165) is 12.1 Å². The summed E-state index contributed by atoms with van der Waals surface area (Å²) in [5.41, 5.74) is 5.55. The van der Waals surface area contributed by atoms with Gasteiger partial charge in [-0.05, 0) is 25.0 Å². The Morgan fingerprint density at radius 3 is 2.31 bits per heavy atom. The predicted molar refractivity (Wildman–Crippen MR) is 65.0 cm³/mol. The van der Waals surface area contributed by atoms with Crippen LogP contribution >= 0.6 is 24.0 Å². The molecule has 1 aromatic carbocycles. The van der Waals surface area contributed by atoms with Crippen molar-refractivity contribution < 1.29 is 8.78 Å². The summed E-state index contributed by atoms with van der Waals surface area (Å²) in [6.45, 7) is 3.52. The summed E-state index contributed by atoms with van der Waals surface area (Å²) in [6.07, 6.45) is 2.73. The maximum Gasteiger partial charge on any atom is 0.132 e. The quantitative estimate of drug-likeness (QED) is 0.820. The molecule has 1 rings (SSSR count). The molecule has 0 spiro atoms. The van der Waals surface area contributed by atoms with Gasteiger partial charge in [-0.15, -0.1) is 19.0 Å². The monoisotopic (exact) mass is 267 g/mol. The summed E-state index contributed by atoms with van der Waals surface area (Å²) in [5.74, 6) is -1.40. The molecule has 0 aromatic heterocycles. The van der Waals surface area contributed by atoms with Crippen LogP contribution in [0.2, 0.25) is 5.02 Å². The lowest BCUT2D eigenvalue weighted by atomic mass is 10.0. The molecule has 16 heavy (non-hydrogen) atoms. The molecule has 0 amide bonds. The maximum atomic E-state index is 13.4. The van der Waals surface area contributed by atoms with Gasteiger partial charge in [0.1, 0.15) is 11.6 Å². The molecule has 90 valence electrons. The van der Waals surface area contributed by atoms with Gasteiger partial charge < -0.3 is 5.73 Å². The van der Waals surface area contributed by atoms with Crippen LogP contribution in [0, 0.1) is 11.6 Å². The van der Waals surface area contributed by atoms with Gasteiger partial charge >= 0.3 is 0 Å². The second-order valence-electron chi connectivity index (χ2n) is 3.26. The highest BCUT2D eigenvalue weighted by Gasteiger charge is 2.16. The van der Waals surface area contributed by atoms with Gasteiger partial charge in [-0.1, -0.05) is 17.7 Å². The molecule has 1 aromatic rings. The number of hydrogen-bond donors (Lipinski definition) is 1. The van der Waals surface area contributed by atoms with Gasteiger partial charge in [-0.25, -0.2) is 8.78 Å². The standard InChI is InChI=1S/C11H12ClF2N.ClH/c1-2-3-4-10(15)11-8(13)5-7(12)6-9(11)14;/h2,5-6,10H,1,3-4,15H2;1H/t10-;/m0./s1. The summed E-state index contributed by atoms with van der Waals surface area (Å²) >= 11 is 5.49. The average molecular weight is 268 g/mol. The van der Waals surface area contributed by atoms with E-state index in [0.29, 0.717) is 12.8 Å². The molecule has 0 bridgehead atoms. The van der Waals surface area contributed by atoms with Crippen LogP contribution in [0.5, 0.6) is 0 Å². The molecule has 0 saturated carbocycles. The number of allylic oxidation sites excluding steroid dienone is 1. The number of rotatable bonds is 4. The van der Waals surface area contributed by atoms with Crippen molar-refractivity contribution in [1.29, 1.82) is 0 Å². The molecule has 2 N–H and O–H groups in total. The summed E-state index contributed by atoms with van der Waals surface area (Å²) < 4.78 is 26.7. The van der Waals surface area contributed by atoms with Crippen LogP contribution in [-0.4, -0.2) is 0 Å². The molecule has 0 aliphatic carbocycles. The van der Waals surface area contributed by atoms with E-state index in [1.807, 2.05) is 0 Å². The SMILES string of the molecule is C=CCC[C@H](N)c1c(F)cc(Cl)cc1F.Cl. The van der Waals surface area contributed by atoms with Gasteiger partial charge in [-0.2, -0.15) is 0 Å². The van der Waals surface area contributed by atoms with Crippen molar-refractivity contribution in [1.82, 2.24) is 0 Å². The lowest BCUT2D eigenvalue weighted by Crippen LogP contribution is -2.14. The Bertz CT molecular complexity index is 346. The molecule has 0 fully saturated rings. The van der Waals surface area contributed by atoms with Crippen LogP contribution in [0.15, 0.2) is 24.8 Å². The molecular weight excluding hydrogens is 255 g/mol. The fourth-order valence-electron chi connectivity index (χ4n) is 1.35. The Morgan fingerprint density at radius 2 is 1.88 bits per heavy atom. The van der Waals surface area contributed by atoms with E-state index in [1.54, 1.807) is 6.08 Å². The highest BCUT2D eigenvalue weighted by Crippen LogP contribution is 2.25. The van der Waals surface area contributed by atoms with Crippen molar-refractivity contribution in [3.8, 4) is 0 Å². The Hall–Kier alpha value is -0.640. The molecule has 0 aliphatic heterocycles. The van der Waals surface area contributed by atoms with E-state index in [4.69, 9.17) is 17.3 Å². The average Bonchev–Trinajstić information content (AvgIpc) is 2.12. The van der Waals surface area contributed by atoms with Gasteiger partial charge in [0.2, 0.25) is 0 Å². The topological polar surface area (TPSA) is 26.0 Å². The molecule has 0 aliphatic rings. The smallest absolute Gasteiger partial charge is 0.132 e. The largest absolute Gasteiger partial charge is 0.324 e.